The molecule has 0 aliphatic carbocycles. The molecule has 0 unspecified atom stereocenters. The number of amides is 2. The fourth-order valence-corrected chi connectivity index (χ4v) is 2.27. The van der Waals surface area contributed by atoms with Crippen LogP contribution in [0.5, 0.6) is 0 Å². The van der Waals surface area contributed by atoms with Crippen molar-refractivity contribution in [3.05, 3.63) is 41.8 Å². The Kier molecular flexibility index (Phi) is 5.51. The summed E-state index contributed by atoms with van der Waals surface area (Å²) in [7, 11) is 0. The predicted molar refractivity (Wildman–Crippen MR) is 86.9 cm³/mol. The number of furan rings is 1. The number of likely N-dealkylation sites (N-methyl/N-ethyl adjacent to an activating group) is 2. The first kappa shape index (κ1) is 16.7. The van der Waals surface area contributed by atoms with E-state index >= 15 is 0 Å². The highest BCUT2D eigenvalue weighted by Gasteiger charge is 2.20. The molecule has 23 heavy (non-hydrogen) atoms. The first-order valence-corrected chi connectivity index (χ1v) is 7.64. The molecule has 0 spiro atoms. The number of nitrogens with zero attached hydrogens (tertiary/aromatic N) is 2. The molecular formula is C17H21N3O3. The van der Waals surface area contributed by atoms with Gasteiger partial charge in [-0.1, -0.05) is 0 Å². The molecule has 6 heteroatoms. The number of hydrogen-bond donors (Lipinski definition) is 1. The number of rotatable bonds is 6. The highest BCUT2D eigenvalue weighted by atomic mass is 16.3. The lowest BCUT2D eigenvalue weighted by Crippen LogP contribution is -2.40. The zero-order valence-corrected chi connectivity index (χ0v) is 13.6. The number of pyridine rings is 1. The van der Waals surface area contributed by atoms with Crippen molar-refractivity contribution in [2.75, 3.05) is 19.6 Å². The topological polar surface area (TPSA) is 75.4 Å². The van der Waals surface area contributed by atoms with E-state index in [9.17, 15) is 9.59 Å². The summed E-state index contributed by atoms with van der Waals surface area (Å²) in [6.45, 7) is 6.51. The molecule has 0 atom stereocenters. The summed E-state index contributed by atoms with van der Waals surface area (Å²) in [6, 6.07) is 7.08. The molecule has 2 rings (SSSR count). The normalized spacial score (nSPS) is 10.4. The lowest BCUT2D eigenvalue weighted by Gasteiger charge is -2.21. The van der Waals surface area contributed by atoms with Crippen LogP contribution in [0.25, 0.3) is 11.5 Å². The fraction of sp³-hybridized carbons (Fsp3) is 0.353. The van der Waals surface area contributed by atoms with Crippen LogP contribution in [0.3, 0.4) is 0 Å². The number of carbonyl (C=O) groups is 2. The summed E-state index contributed by atoms with van der Waals surface area (Å²) < 4.78 is 5.31. The number of aryl methyl sites for hydroxylation is 1. The molecule has 0 saturated heterocycles. The van der Waals surface area contributed by atoms with Crippen molar-refractivity contribution < 1.29 is 14.0 Å². The van der Waals surface area contributed by atoms with Gasteiger partial charge in [0.05, 0.1) is 24.1 Å². The average Bonchev–Trinajstić information content (AvgIpc) is 3.06. The maximum Gasteiger partial charge on any atom is 0.256 e. The Morgan fingerprint density at radius 1 is 1.26 bits per heavy atom. The molecule has 2 amide bonds. The molecule has 0 saturated carbocycles. The molecule has 0 aliphatic rings. The van der Waals surface area contributed by atoms with Gasteiger partial charge in [0.1, 0.15) is 5.69 Å². The van der Waals surface area contributed by atoms with Crippen LogP contribution in [0, 0.1) is 6.92 Å². The Hall–Kier alpha value is -2.63. The molecular weight excluding hydrogens is 294 g/mol. The van der Waals surface area contributed by atoms with E-state index in [1.54, 1.807) is 31.4 Å². The van der Waals surface area contributed by atoms with Gasteiger partial charge >= 0.3 is 0 Å². The molecule has 2 aromatic rings. The second-order valence-electron chi connectivity index (χ2n) is 5.08. The summed E-state index contributed by atoms with van der Waals surface area (Å²) in [6.07, 6.45) is 1.58. The van der Waals surface area contributed by atoms with E-state index < -0.39 is 0 Å². The standard InChI is InChI=1S/C17H21N3O3/c1-4-18-16(21)11-20(5-2)17(22)13-8-9-14(19-12(13)3)15-7-6-10-23-15/h6-10H,4-5,11H2,1-3H3,(H,18,21). The van der Waals surface area contributed by atoms with Crippen LogP contribution in [0.15, 0.2) is 34.9 Å². The molecule has 0 aromatic carbocycles. The van der Waals surface area contributed by atoms with Crippen molar-refractivity contribution in [3.8, 4) is 11.5 Å². The summed E-state index contributed by atoms with van der Waals surface area (Å²) in [5.41, 5.74) is 1.78. The molecule has 1 N–H and O–H groups in total. The van der Waals surface area contributed by atoms with E-state index in [4.69, 9.17) is 4.42 Å². The van der Waals surface area contributed by atoms with Gasteiger partial charge in [0.2, 0.25) is 5.91 Å². The van der Waals surface area contributed by atoms with Crippen molar-refractivity contribution in [2.24, 2.45) is 0 Å². The second-order valence-corrected chi connectivity index (χ2v) is 5.08. The van der Waals surface area contributed by atoms with Gasteiger partial charge in [-0.3, -0.25) is 9.59 Å². The van der Waals surface area contributed by atoms with Crippen molar-refractivity contribution in [2.45, 2.75) is 20.8 Å². The highest BCUT2D eigenvalue weighted by molar-refractivity contribution is 5.97. The Labute approximate surface area is 135 Å². The van der Waals surface area contributed by atoms with Gasteiger partial charge in [0.25, 0.3) is 5.91 Å². The van der Waals surface area contributed by atoms with Gasteiger partial charge in [-0.25, -0.2) is 4.98 Å². The summed E-state index contributed by atoms with van der Waals surface area (Å²) >= 11 is 0. The second kappa shape index (κ2) is 7.58. The van der Waals surface area contributed by atoms with Crippen molar-refractivity contribution in [1.82, 2.24) is 15.2 Å². The average molecular weight is 315 g/mol. The summed E-state index contributed by atoms with van der Waals surface area (Å²) in [4.78, 5) is 30.3. The Morgan fingerprint density at radius 2 is 2.04 bits per heavy atom. The van der Waals surface area contributed by atoms with Crippen LogP contribution in [0.2, 0.25) is 0 Å². The van der Waals surface area contributed by atoms with Gasteiger partial charge in [-0.2, -0.15) is 0 Å². The van der Waals surface area contributed by atoms with Gasteiger partial charge in [0.15, 0.2) is 5.76 Å². The molecule has 122 valence electrons. The first-order valence-electron chi connectivity index (χ1n) is 7.64. The van der Waals surface area contributed by atoms with E-state index in [0.29, 0.717) is 35.8 Å². The van der Waals surface area contributed by atoms with Crippen LogP contribution in [-0.4, -0.2) is 41.3 Å². The first-order chi connectivity index (χ1) is 11.1. The van der Waals surface area contributed by atoms with Gasteiger partial charge in [-0.05, 0) is 45.0 Å². The maximum absolute atomic E-state index is 12.6. The third-order valence-corrected chi connectivity index (χ3v) is 3.47. The Bertz CT molecular complexity index is 680. The number of nitrogens with one attached hydrogen (secondary N) is 1. The lowest BCUT2D eigenvalue weighted by molar-refractivity contribution is -0.121. The Morgan fingerprint density at radius 3 is 2.61 bits per heavy atom. The van der Waals surface area contributed by atoms with Gasteiger partial charge < -0.3 is 14.6 Å². The smallest absolute Gasteiger partial charge is 0.256 e. The van der Waals surface area contributed by atoms with Gasteiger partial charge in [-0.15, -0.1) is 0 Å². The van der Waals surface area contributed by atoms with E-state index in [1.807, 2.05) is 19.9 Å². The number of aromatic nitrogens is 1. The van der Waals surface area contributed by atoms with E-state index in [1.165, 1.54) is 4.90 Å². The van der Waals surface area contributed by atoms with Crippen LogP contribution in [0.1, 0.15) is 29.9 Å². The van der Waals surface area contributed by atoms with Crippen LogP contribution in [-0.2, 0) is 4.79 Å². The van der Waals surface area contributed by atoms with Gasteiger partial charge in [0, 0.05) is 13.1 Å². The summed E-state index contributed by atoms with van der Waals surface area (Å²) in [5, 5.41) is 2.70. The minimum Gasteiger partial charge on any atom is -0.463 e. The molecule has 6 nitrogen and oxygen atoms in total. The molecule has 0 fully saturated rings. The molecule has 0 bridgehead atoms. The zero-order valence-electron chi connectivity index (χ0n) is 13.6. The fourth-order valence-electron chi connectivity index (χ4n) is 2.27. The maximum atomic E-state index is 12.6. The van der Waals surface area contributed by atoms with E-state index in [2.05, 4.69) is 10.3 Å². The largest absolute Gasteiger partial charge is 0.463 e. The monoisotopic (exact) mass is 315 g/mol. The van der Waals surface area contributed by atoms with Crippen molar-refractivity contribution in [3.63, 3.8) is 0 Å². The lowest BCUT2D eigenvalue weighted by atomic mass is 10.1. The minimum atomic E-state index is -0.199. The van der Waals surface area contributed by atoms with Crippen LogP contribution >= 0.6 is 0 Å². The molecule has 2 heterocycles. The molecule has 0 radical (unpaired) electrons. The third-order valence-electron chi connectivity index (χ3n) is 3.47. The molecule has 2 aromatic heterocycles. The van der Waals surface area contributed by atoms with E-state index in [0.717, 1.165) is 0 Å². The zero-order chi connectivity index (χ0) is 16.8. The third kappa shape index (κ3) is 3.97. The van der Waals surface area contributed by atoms with Crippen molar-refractivity contribution >= 4 is 11.8 Å². The highest BCUT2D eigenvalue weighted by Crippen LogP contribution is 2.20. The number of hydrogen-bond acceptors (Lipinski definition) is 4. The van der Waals surface area contributed by atoms with E-state index in [-0.39, 0.29) is 18.4 Å². The summed E-state index contributed by atoms with van der Waals surface area (Å²) in [5.74, 6) is 0.289. The van der Waals surface area contributed by atoms with Crippen LogP contribution < -0.4 is 5.32 Å². The Balaban J connectivity index is 2.19. The molecule has 0 aliphatic heterocycles. The number of carbonyl (C=O) groups excluding carboxylic acids is 2. The SMILES string of the molecule is CCNC(=O)CN(CC)C(=O)c1ccc(-c2ccco2)nc1C. The van der Waals surface area contributed by atoms with Crippen LogP contribution in [0.4, 0.5) is 0 Å². The quantitative estimate of drug-likeness (QED) is 0.887. The minimum absolute atomic E-state index is 0.0442. The van der Waals surface area contributed by atoms with Crippen molar-refractivity contribution in [1.29, 1.82) is 0 Å². The predicted octanol–water partition coefficient (Wildman–Crippen LogP) is 2.25.